The number of amides is 2. The summed E-state index contributed by atoms with van der Waals surface area (Å²) in [6.45, 7) is 2.62. The fraction of sp³-hybridized carbons (Fsp3) is 0.643. The summed E-state index contributed by atoms with van der Waals surface area (Å²) in [5, 5.41) is 3.00. The second-order valence-electron chi connectivity index (χ2n) is 5.67. The van der Waals surface area contributed by atoms with Gasteiger partial charge in [-0.05, 0) is 44.7 Å². The molecule has 19 heavy (non-hydrogen) atoms. The van der Waals surface area contributed by atoms with E-state index in [0.717, 1.165) is 37.2 Å². The topological polar surface area (TPSA) is 71.5 Å². The van der Waals surface area contributed by atoms with Crippen molar-refractivity contribution in [3.63, 3.8) is 0 Å². The van der Waals surface area contributed by atoms with Crippen LogP contribution in [-0.4, -0.2) is 29.6 Å². The summed E-state index contributed by atoms with van der Waals surface area (Å²) in [4.78, 5) is 14.0. The Bertz CT molecular complexity index is 463. The molecule has 1 atom stereocenters. The number of carbonyl (C=O) groups excluding carboxylic acids is 1. The van der Waals surface area contributed by atoms with E-state index in [9.17, 15) is 4.79 Å². The predicted octanol–water partition coefficient (Wildman–Crippen LogP) is 1.92. The van der Waals surface area contributed by atoms with Crippen molar-refractivity contribution in [2.45, 2.75) is 50.7 Å². The maximum atomic E-state index is 12.1. The molecular formula is C14H21N3O2. The monoisotopic (exact) mass is 263 g/mol. The number of nitrogens with one attached hydrogen (secondary N) is 1. The molecule has 5 heteroatoms. The second kappa shape index (κ2) is 4.89. The number of aryl methyl sites for hydroxylation is 1. The molecular weight excluding hydrogens is 242 g/mol. The molecule has 1 aromatic rings. The third-order valence-electron chi connectivity index (χ3n) is 4.22. The van der Waals surface area contributed by atoms with Gasteiger partial charge in [-0.2, -0.15) is 0 Å². The number of urea groups is 1. The van der Waals surface area contributed by atoms with Crippen LogP contribution < -0.4 is 11.1 Å². The van der Waals surface area contributed by atoms with E-state index in [4.69, 9.17) is 10.2 Å². The fourth-order valence-electron chi connectivity index (χ4n) is 3.09. The minimum Gasteiger partial charge on any atom is -0.464 e. The van der Waals surface area contributed by atoms with Crippen molar-refractivity contribution >= 4 is 6.03 Å². The van der Waals surface area contributed by atoms with Crippen LogP contribution in [0.5, 0.6) is 0 Å². The van der Waals surface area contributed by atoms with Crippen LogP contribution in [0.15, 0.2) is 16.5 Å². The van der Waals surface area contributed by atoms with Crippen LogP contribution >= 0.6 is 0 Å². The van der Waals surface area contributed by atoms with Crippen molar-refractivity contribution in [2.24, 2.45) is 5.73 Å². The van der Waals surface area contributed by atoms with Crippen LogP contribution in [0.3, 0.4) is 0 Å². The molecule has 1 unspecified atom stereocenters. The van der Waals surface area contributed by atoms with Gasteiger partial charge in [-0.25, -0.2) is 4.79 Å². The van der Waals surface area contributed by atoms with E-state index in [1.54, 1.807) is 0 Å². The first-order valence-corrected chi connectivity index (χ1v) is 7.02. The molecule has 2 fully saturated rings. The standard InChI is InChI=1S/C14H21N3O2/c1-9-2-7-13(19-9)12-8-17(14(18)16-12)11-5-3-10(15)4-6-11/h2,7,10-12H,3-6,8,15H2,1H3,(H,16,18). The van der Waals surface area contributed by atoms with E-state index in [1.165, 1.54) is 0 Å². The van der Waals surface area contributed by atoms with Gasteiger partial charge >= 0.3 is 6.03 Å². The van der Waals surface area contributed by atoms with Gasteiger partial charge in [0.05, 0.1) is 6.54 Å². The van der Waals surface area contributed by atoms with Crippen LogP contribution in [0, 0.1) is 6.92 Å². The Morgan fingerprint density at radius 3 is 2.68 bits per heavy atom. The Hall–Kier alpha value is -1.49. The van der Waals surface area contributed by atoms with E-state index in [0.29, 0.717) is 18.6 Å². The Morgan fingerprint density at radius 2 is 2.05 bits per heavy atom. The molecule has 3 rings (SSSR count). The molecule has 0 aromatic carbocycles. The van der Waals surface area contributed by atoms with Gasteiger partial charge in [0, 0.05) is 12.1 Å². The highest BCUT2D eigenvalue weighted by Crippen LogP contribution is 2.29. The Kier molecular flexibility index (Phi) is 3.22. The highest BCUT2D eigenvalue weighted by Gasteiger charge is 2.36. The van der Waals surface area contributed by atoms with Crippen molar-refractivity contribution in [3.8, 4) is 0 Å². The van der Waals surface area contributed by atoms with Gasteiger partial charge in [0.2, 0.25) is 0 Å². The highest BCUT2D eigenvalue weighted by atomic mass is 16.3. The summed E-state index contributed by atoms with van der Waals surface area (Å²) >= 11 is 0. The number of hydrogen-bond acceptors (Lipinski definition) is 3. The second-order valence-corrected chi connectivity index (χ2v) is 5.67. The quantitative estimate of drug-likeness (QED) is 0.856. The molecule has 5 nitrogen and oxygen atoms in total. The van der Waals surface area contributed by atoms with Crippen LogP contribution in [-0.2, 0) is 0 Å². The number of hydrogen-bond donors (Lipinski definition) is 2. The summed E-state index contributed by atoms with van der Waals surface area (Å²) in [7, 11) is 0. The van der Waals surface area contributed by atoms with E-state index < -0.39 is 0 Å². The van der Waals surface area contributed by atoms with E-state index >= 15 is 0 Å². The zero-order valence-electron chi connectivity index (χ0n) is 11.3. The maximum Gasteiger partial charge on any atom is 0.318 e. The Labute approximate surface area is 113 Å². The molecule has 0 spiro atoms. The molecule has 2 aliphatic rings. The third kappa shape index (κ3) is 2.47. The van der Waals surface area contributed by atoms with E-state index in [1.807, 2.05) is 24.0 Å². The number of furan rings is 1. The van der Waals surface area contributed by atoms with Crippen molar-refractivity contribution < 1.29 is 9.21 Å². The lowest BCUT2D eigenvalue weighted by Crippen LogP contribution is -2.42. The van der Waals surface area contributed by atoms with Crippen LogP contribution in [0.1, 0.15) is 43.2 Å². The summed E-state index contributed by atoms with van der Waals surface area (Å²) in [5.41, 5.74) is 5.92. The van der Waals surface area contributed by atoms with Crippen molar-refractivity contribution in [1.29, 1.82) is 0 Å². The lowest BCUT2D eigenvalue weighted by atomic mass is 9.91. The van der Waals surface area contributed by atoms with Gasteiger partial charge in [0.25, 0.3) is 0 Å². The Morgan fingerprint density at radius 1 is 1.32 bits per heavy atom. The van der Waals surface area contributed by atoms with E-state index in [2.05, 4.69) is 5.32 Å². The number of carbonyl (C=O) groups is 1. The molecule has 2 amide bonds. The summed E-state index contributed by atoms with van der Waals surface area (Å²) < 4.78 is 5.61. The highest BCUT2D eigenvalue weighted by molar-refractivity contribution is 5.77. The zero-order valence-corrected chi connectivity index (χ0v) is 11.3. The molecule has 1 saturated carbocycles. The lowest BCUT2D eigenvalue weighted by molar-refractivity contribution is 0.173. The first kappa shape index (κ1) is 12.5. The smallest absolute Gasteiger partial charge is 0.318 e. The maximum absolute atomic E-state index is 12.1. The van der Waals surface area contributed by atoms with Crippen molar-refractivity contribution in [2.75, 3.05) is 6.54 Å². The predicted molar refractivity (Wildman–Crippen MR) is 71.7 cm³/mol. The SMILES string of the molecule is Cc1ccc(C2CN(C3CCC(N)CC3)C(=O)N2)o1. The van der Waals surface area contributed by atoms with Gasteiger partial charge in [-0.15, -0.1) is 0 Å². The van der Waals surface area contributed by atoms with Gasteiger partial charge in [0.15, 0.2) is 0 Å². The number of nitrogens with zero attached hydrogens (tertiary/aromatic N) is 1. The minimum absolute atomic E-state index is 0.0169. The van der Waals surface area contributed by atoms with Gasteiger partial charge in [0.1, 0.15) is 17.6 Å². The number of rotatable bonds is 2. The molecule has 3 N–H and O–H groups in total. The average Bonchev–Trinajstić information content (AvgIpc) is 2.97. The molecule has 1 aliphatic carbocycles. The van der Waals surface area contributed by atoms with E-state index in [-0.39, 0.29) is 12.1 Å². The third-order valence-corrected chi connectivity index (χ3v) is 4.22. The lowest BCUT2D eigenvalue weighted by Gasteiger charge is -2.32. The van der Waals surface area contributed by atoms with Crippen molar-refractivity contribution in [1.82, 2.24) is 10.2 Å². The molecule has 0 radical (unpaired) electrons. The van der Waals surface area contributed by atoms with Crippen LogP contribution in [0.4, 0.5) is 4.79 Å². The zero-order chi connectivity index (χ0) is 13.4. The van der Waals surface area contributed by atoms with Gasteiger partial charge < -0.3 is 20.4 Å². The molecule has 1 aliphatic heterocycles. The van der Waals surface area contributed by atoms with Gasteiger partial charge in [-0.3, -0.25) is 0 Å². The largest absolute Gasteiger partial charge is 0.464 e. The Balaban J connectivity index is 1.66. The van der Waals surface area contributed by atoms with Crippen molar-refractivity contribution in [3.05, 3.63) is 23.7 Å². The first-order chi connectivity index (χ1) is 9.13. The average molecular weight is 263 g/mol. The summed E-state index contributed by atoms with van der Waals surface area (Å²) in [6, 6.07) is 4.53. The number of nitrogens with two attached hydrogens (primary N) is 1. The molecule has 1 aromatic heterocycles. The first-order valence-electron chi connectivity index (χ1n) is 7.02. The molecule has 104 valence electrons. The molecule has 0 bridgehead atoms. The normalized spacial score (nSPS) is 31.6. The molecule has 2 heterocycles. The summed E-state index contributed by atoms with van der Waals surface area (Å²) in [5.74, 6) is 1.73. The molecule has 1 saturated heterocycles. The van der Waals surface area contributed by atoms with Crippen LogP contribution in [0.25, 0.3) is 0 Å². The fourth-order valence-corrected chi connectivity index (χ4v) is 3.09. The summed E-state index contributed by atoms with van der Waals surface area (Å²) in [6.07, 6.45) is 4.05. The van der Waals surface area contributed by atoms with Gasteiger partial charge in [-0.1, -0.05) is 0 Å². The van der Waals surface area contributed by atoms with Crippen LogP contribution in [0.2, 0.25) is 0 Å². The minimum atomic E-state index is -0.0169.